The maximum atomic E-state index is 12.0. The highest BCUT2D eigenvalue weighted by Crippen LogP contribution is 2.28. The first-order valence-corrected chi connectivity index (χ1v) is 6.15. The first-order valence-electron chi connectivity index (χ1n) is 5.77. The van der Waals surface area contributed by atoms with E-state index in [4.69, 9.17) is 11.6 Å². The van der Waals surface area contributed by atoms with Crippen LogP contribution in [0.3, 0.4) is 0 Å². The third-order valence-electron chi connectivity index (χ3n) is 2.94. The predicted molar refractivity (Wildman–Crippen MR) is 75.3 cm³/mol. The van der Waals surface area contributed by atoms with E-state index >= 15 is 0 Å². The van der Waals surface area contributed by atoms with Crippen molar-refractivity contribution < 1.29 is 0 Å². The highest BCUT2D eigenvalue weighted by Gasteiger charge is 2.11. The van der Waals surface area contributed by atoms with Gasteiger partial charge in [0.25, 0.3) is 5.56 Å². The normalized spacial score (nSPS) is 10.8. The van der Waals surface area contributed by atoms with Crippen LogP contribution in [-0.4, -0.2) is 15.0 Å². The molecular weight excluding hydrogens is 262 g/mol. The Morgan fingerprint density at radius 1 is 1.21 bits per heavy atom. The third-order valence-corrected chi connectivity index (χ3v) is 3.25. The van der Waals surface area contributed by atoms with Gasteiger partial charge in [-0.2, -0.15) is 0 Å². The molecule has 0 aliphatic heterocycles. The molecule has 0 aliphatic carbocycles. The van der Waals surface area contributed by atoms with Gasteiger partial charge in [0, 0.05) is 11.8 Å². The zero-order chi connectivity index (χ0) is 13.4. The molecule has 3 rings (SSSR count). The summed E-state index contributed by atoms with van der Waals surface area (Å²) in [6.07, 6.45) is 1.61. The number of aromatic amines is 1. The maximum Gasteiger partial charge on any atom is 0.260 e. The van der Waals surface area contributed by atoms with Crippen molar-refractivity contribution >= 4 is 22.6 Å². The highest BCUT2D eigenvalue weighted by atomic mass is 35.5. The third kappa shape index (κ3) is 2.00. The van der Waals surface area contributed by atoms with E-state index in [9.17, 15) is 4.79 Å². The molecule has 94 valence electrons. The van der Waals surface area contributed by atoms with Gasteiger partial charge in [-0.15, -0.1) is 0 Å². The fourth-order valence-electron chi connectivity index (χ4n) is 2.02. The van der Waals surface area contributed by atoms with Gasteiger partial charge in [0.15, 0.2) is 5.65 Å². The Kier molecular flexibility index (Phi) is 2.80. The van der Waals surface area contributed by atoms with Crippen molar-refractivity contribution in [2.45, 2.75) is 6.92 Å². The maximum absolute atomic E-state index is 12.0. The molecule has 0 saturated heterocycles. The van der Waals surface area contributed by atoms with Gasteiger partial charge >= 0.3 is 0 Å². The summed E-state index contributed by atoms with van der Waals surface area (Å²) in [7, 11) is 0. The fraction of sp³-hybridized carbons (Fsp3) is 0.0714. The van der Waals surface area contributed by atoms with E-state index in [1.54, 1.807) is 24.4 Å². The first-order chi connectivity index (χ1) is 9.16. The second-order valence-corrected chi connectivity index (χ2v) is 4.63. The molecule has 1 N–H and O–H groups in total. The van der Waals surface area contributed by atoms with Gasteiger partial charge in [-0.25, -0.2) is 9.97 Å². The summed E-state index contributed by atoms with van der Waals surface area (Å²) in [4.78, 5) is 23.3. The van der Waals surface area contributed by atoms with Crippen LogP contribution in [-0.2, 0) is 0 Å². The minimum atomic E-state index is -0.215. The van der Waals surface area contributed by atoms with E-state index in [1.165, 1.54) is 0 Å². The van der Waals surface area contributed by atoms with Crippen molar-refractivity contribution in [1.82, 2.24) is 15.0 Å². The average molecular weight is 272 g/mol. The molecule has 0 spiro atoms. The lowest BCUT2D eigenvalue weighted by Crippen LogP contribution is -2.10. The van der Waals surface area contributed by atoms with Crippen LogP contribution in [0.4, 0.5) is 0 Å². The zero-order valence-corrected chi connectivity index (χ0v) is 10.9. The monoisotopic (exact) mass is 271 g/mol. The summed E-state index contributed by atoms with van der Waals surface area (Å²) in [5, 5.41) is 1.02. The molecule has 0 bridgehead atoms. The molecule has 0 unspecified atom stereocenters. The van der Waals surface area contributed by atoms with Crippen LogP contribution in [0.15, 0.2) is 41.3 Å². The van der Waals surface area contributed by atoms with Crippen molar-refractivity contribution in [3.63, 3.8) is 0 Å². The fourth-order valence-corrected chi connectivity index (χ4v) is 2.33. The molecule has 0 aliphatic rings. The van der Waals surface area contributed by atoms with Crippen molar-refractivity contribution in [1.29, 1.82) is 0 Å². The van der Waals surface area contributed by atoms with Crippen LogP contribution in [0.1, 0.15) is 5.56 Å². The molecule has 4 nitrogen and oxygen atoms in total. The molecule has 0 saturated carbocycles. The second-order valence-electron chi connectivity index (χ2n) is 4.22. The molecule has 19 heavy (non-hydrogen) atoms. The van der Waals surface area contributed by atoms with E-state index in [-0.39, 0.29) is 5.56 Å². The molecule has 0 atom stereocenters. The number of hydrogen-bond acceptors (Lipinski definition) is 3. The highest BCUT2D eigenvalue weighted by molar-refractivity contribution is 6.33. The summed E-state index contributed by atoms with van der Waals surface area (Å²) in [5.74, 6) is 0.444. The van der Waals surface area contributed by atoms with Crippen LogP contribution in [0.25, 0.3) is 22.4 Å². The quantitative estimate of drug-likeness (QED) is 0.740. The number of nitrogens with one attached hydrogen (secondary N) is 1. The summed E-state index contributed by atoms with van der Waals surface area (Å²) in [6.45, 7) is 1.92. The molecule has 2 aromatic heterocycles. The van der Waals surface area contributed by atoms with Crippen molar-refractivity contribution in [2.75, 3.05) is 0 Å². The van der Waals surface area contributed by atoms with Crippen LogP contribution in [0.2, 0.25) is 5.02 Å². The van der Waals surface area contributed by atoms with E-state index in [2.05, 4.69) is 15.0 Å². The summed E-state index contributed by atoms with van der Waals surface area (Å²) >= 11 is 6.19. The predicted octanol–water partition coefficient (Wildman–Crippen LogP) is 2.95. The Balaban J connectivity index is 2.35. The number of benzene rings is 1. The Morgan fingerprint density at radius 2 is 2.05 bits per heavy atom. The molecule has 2 heterocycles. The number of aromatic nitrogens is 3. The number of hydrogen-bond donors (Lipinski definition) is 1. The molecule has 0 amide bonds. The molecular formula is C14H10ClN3O. The van der Waals surface area contributed by atoms with Crippen LogP contribution >= 0.6 is 11.6 Å². The van der Waals surface area contributed by atoms with Gasteiger partial charge in [-0.1, -0.05) is 23.7 Å². The summed E-state index contributed by atoms with van der Waals surface area (Å²) in [5.41, 5.74) is 1.88. The van der Waals surface area contributed by atoms with Gasteiger partial charge in [-0.3, -0.25) is 4.79 Å². The molecule has 3 aromatic rings. The van der Waals surface area contributed by atoms with Crippen molar-refractivity contribution in [3.05, 3.63) is 57.5 Å². The number of aryl methyl sites for hydroxylation is 1. The number of rotatable bonds is 1. The molecule has 0 fully saturated rings. The summed E-state index contributed by atoms with van der Waals surface area (Å²) in [6, 6.07) is 8.95. The average Bonchev–Trinajstić information content (AvgIpc) is 2.38. The van der Waals surface area contributed by atoms with Crippen LogP contribution < -0.4 is 5.56 Å². The largest absolute Gasteiger partial charge is 0.306 e. The Bertz CT molecular complexity index is 806. The number of nitrogens with zero attached hydrogens (tertiary/aromatic N) is 2. The topological polar surface area (TPSA) is 58.6 Å². The van der Waals surface area contributed by atoms with E-state index < -0.39 is 0 Å². The number of H-pyrrole nitrogens is 1. The molecule has 5 heteroatoms. The van der Waals surface area contributed by atoms with Gasteiger partial charge < -0.3 is 4.98 Å². The number of fused-ring (bicyclic) bond motifs is 1. The van der Waals surface area contributed by atoms with E-state index in [0.717, 1.165) is 11.1 Å². The van der Waals surface area contributed by atoms with Crippen LogP contribution in [0.5, 0.6) is 0 Å². The lowest BCUT2D eigenvalue weighted by Gasteiger charge is -2.07. The Labute approximate surface area is 114 Å². The molecule has 0 radical (unpaired) electrons. The molecule has 1 aromatic carbocycles. The first kappa shape index (κ1) is 11.9. The van der Waals surface area contributed by atoms with Gasteiger partial charge in [0.2, 0.25) is 0 Å². The van der Waals surface area contributed by atoms with Crippen molar-refractivity contribution in [3.8, 4) is 11.4 Å². The van der Waals surface area contributed by atoms with Crippen molar-refractivity contribution in [2.24, 2.45) is 0 Å². The second kappa shape index (κ2) is 4.48. The van der Waals surface area contributed by atoms with E-state index in [1.807, 2.05) is 19.1 Å². The van der Waals surface area contributed by atoms with Crippen LogP contribution in [0, 0.1) is 6.92 Å². The SMILES string of the molecule is Cc1cccc(Cl)c1-c1nc2ncccc2c(=O)[nH]1. The Morgan fingerprint density at radius 3 is 2.84 bits per heavy atom. The zero-order valence-electron chi connectivity index (χ0n) is 10.1. The lowest BCUT2D eigenvalue weighted by molar-refractivity contribution is 1.14. The lowest BCUT2D eigenvalue weighted by atomic mass is 10.1. The number of pyridine rings is 1. The van der Waals surface area contributed by atoms with Gasteiger partial charge in [0.05, 0.1) is 10.4 Å². The number of halogens is 1. The van der Waals surface area contributed by atoms with Gasteiger partial charge in [0.1, 0.15) is 5.82 Å². The standard InChI is InChI=1S/C14H10ClN3O/c1-8-4-2-6-10(15)11(8)13-17-12-9(14(19)18-13)5-3-7-16-12/h2-7H,1H3,(H,16,17,18,19). The Hall–Kier alpha value is -2.20. The van der Waals surface area contributed by atoms with E-state index in [0.29, 0.717) is 21.9 Å². The summed E-state index contributed by atoms with van der Waals surface area (Å²) < 4.78 is 0. The smallest absolute Gasteiger partial charge is 0.260 e. The van der Waals surface area contributed by atoms with Gasteiger partial charge in [-0.05, 0) is 30.7 Å². The minimum absolute atomic E-state index is 0.215. The minimum Gasteiger partial charge on any atom is -0.306 e.